The van der Waals surface area contributed by atoms with E-state index in [9.17, 15) is 9.59 Å². The molecule has 7 rings (SSSR count). The zero-order chi connectivity index (χ0) is 28.7. The Kier molecular flexibility index (Phi) is 6.66. The average Bonchev–Trinajstić information content (AvgIpc) is 3.00. The third-order valence-corrected chi connectivity index (χ3v) is 8.04. The number of hydrogen-bond acceptors (Lipinski definition) is 3. The Hall–Kier alpha value is -5.12. The molecule has 2 unspecified atom stereocenters. The van der Waals surface area contributed by atoms with Gasteiger partial charge in [0.2, 0.25) is 0 Å². The van der Waals surface area contributed by atoms with Gasteiger partial charge in [0.15, 0.2) is 5.78 Å². The minimum atomic E-state index is -0.306. The van der Waals surface area contributed by atoms with Crippen LogP contribution in [0.3, 0.4) is 0 Å². The first kappa shape index (κ1) is 26.1. The van der Waals surface area contributed by atoms with Gasteiger partial charge in [-0.1, -0.05) is 77.9 Å². The van der Waals surface area contributed by atoms with Crippen molar-refractivity contribution in [2.45, 2.75) is 32.6 Å². The van der Waals surface area contributed by atoms with Crippen LogP contribution in [-0.2, 0) is 9.53 Å². The maximum Gasteiger partial charge on any atom is 0.334 e. The Morgan fingerprint density at radius 2 is 1.34 bits per heavy atom. The number of esters is 1. The molecule has 2 atom stereocenters. The van der Waals surface area contributed by atoms with Crippen molar-refractivity contribution in [2.75, 3.05) is 7.11 Å². The molecule has 0 saturated carbocycles. The second-order valence-corrected chi connectivity index (χ2v) is 10.5. The van der Waals surface area contributed by atoms with Crippen LogP contribution in [0.25, 0.3) is 0 Å². The molecule has 3 aliphatic rings. The second kappa shape index (κ2) is 10.5. The summed E-state index contributed by atoms with van der Waals surface area (Å²) >= 11 is 0. The van der Waals surface area contributed by atoms with E-state index in [1.165, 1.54) is 12.7 Å². The minimum absolute atomic E-state index is 0.0257. The third-order valence-electron chi connectivity index (χ3n) is 8.04. The summed E-state index contributed by atoms with van der Waals surface area (Å²) in [6, 6.07) is 27.4. The molecule has 41 heavy (non-hydrogen) atoms. The summed E-state index contributed by atoms with van der Waals surface area (Å²) in [6.45, 7) is 5.83. The van der Waals surface area contributed by atoms with Crippen molar-refractivity contribution < 1.29 is 14.3 Å². The van der Waals surface area contributed by atoms with Gasteiger partial charge in [-0.25, -0.2) is 4.79 Å². The largest absolute Gasteiger partial charge is 0.466 e. The molecule has 0 saturated heterocycles. The summed E-state index contributed by atoms with van der Waals surface area (Å²) in [6.07, 6.45) is 0. The molecule has 0 fully saturated rings. The lowest BCUT2D eigenvalue weighted by Gasteiger charge is -2.43. The predicted molar refractivity (Wildman–Crippen MR) is 161 cm³/mol. The van der Waals surface area contributed by atoms with Gasteiger partial charge in [-0.15, -0.1) is 5.92 Å². The van der Waals surface area contributed by atoms with Crippen molar-refractivity contribution in [2.24, 2.45) is 0 Å². The quantitative estimate of drug-likeness (QED) is 0.161. The Balaban J connectivity index is 1.49. The second-order valence-electron chi connectivity index (χ2n) is 10.5. The van der Waals surface area contributed by atoms with Crippen molar-refractivity contribution in [1.82, 2.24) is 0 Å². The van der Waals surface area contributed by atoms with Crippen LogP contribution in [-0.4, -0.2) is 18.9 Å². The first-order chi connectivity index (χ1) is 19.9. The summed E-state index contributed by atoms with van der Waals surface area (Å²) in [7, 11) is 1.43. The summed E-state index contributed by atoms with van der Waals surface area (Å²) in [5.41, 5.74) is 11.0. The fourth-order valence-corrected chi connectivity index (χ4v) is 6.31. The van der Waals surface area contributed by atoms with E-state index in [0.29, 0.717) is 16.7 Å². The number of rotatable bonds is 3. The molecule has 0 heterocycles. The van der Waals surface area contributed by atoms with Crippen molar-refractivity contribution in [3.05, 3.63) is 152 Å². The fourth-order valence-electron chi connectivity index (χ4n) is 6.31. The number of aryl methyl sites for hydroxylation is 1. The molecule has 0 spiro atoms. The number of hydrogen-bond donors (Lipinski definition) is 0. The van der Waals surface area contributed by atoms with Gasteiger partial charge in [0.05, 0.1) is 7.11 Å². The van der Waals surface area contributed by atoms with Crippen LogP contribution >= 0.6 is 0 Å². The van der Waals surface area contributed by atoms with E-state index in [1.807, 2.05) is 93.6 Å². The van der Waals surface area contributed by atoms with Gasteiger partial charge >= 0.3 is 5.97 Å². The Bertz CT molecular complexity index is 1920. The van der Waals surface area contributed by atoms with Crippen LogP contribution in [0.2, 0.25) is 0 Å². The highest BCUT2D eigenvalue weighted by Crippen LogP contribution is 2.57. The highest BCUT2D eigenvalue weighted by Gasteiger charge is 2.46. The van der Waals surface area contributed by atoms with E-state index in [0.717, 1.165) is 44.5 Å². The minimum Gasteiger partial charge on any atom is -0.466 e. The lowest BCUT2D eigenvalue weighted by Crippen LogP contribution is -2.32. The fraction of sp³-hybridized carbons (Fsp3) is 0.158. The number of allylic oxidation sites excluding steroid dienone is 1. The third kappa shape index (κ3) is 4.37. The lowest BCUT2D eigenvalue weighted by molar-refractivity contribution is -0.136. The van der Waals surface area contributed by atoms with Gasteiger partial charge in [0, 0.05) is 45.2 Å². The van der Waals surface area contributed by atoms with Crippen LogP contribution in [0.15, 0.2) is 96.1 Å². The molecular formula is C38H28O3. The molecule has 0 radical (unpaired) electrons. The van der Waals surface area contributed by atoms with Crippen molar-refractivity contribution in [1.29, 1.82) is 0 Å². The molecule has 3 heteroatoms. The van der Waals surface area contributed by atoms with Crippen LogP contribution in [0.4, 0.5) is 0 Å². The number of carbonyl (C=O) groups is 2. The number of ketones is 1. The molecule has 0 aromatic heterocycles. The standard InChI is InChI=1S/C38H28O3/c1-5-10-26-19-20-27(18-17-25-12-9-14-29(22-25)37(39)28-13-8-11-23(2)21-28)34-32-24(3)33(38(40)41-4)36(35(26)34)31-16-7-6-15-30(31)32/h6-9,11-16,19-22,32,36H,1-4H3. The van der Waals surface area contributed by atoms with Gasteiger partial charge in [-0.2, -0.15) is 0 Å². The van der Waals surface area contributed by atoms with Crippen LogP contribution < -0.4 is 0 Å². The maximum absolute atomic E-state index is 13.2. The summed E-state index contributed by atoms with van der Waals surface area (Å²) in [5, 5.41) is 0. The van der Waals surface area contributed by atoms with Gasteiger partial charge in [0.25, 0.3) is 0 Å². The molecule has 4 aromatic carbocycles. The number of carbonyl (C=O) groups excluding carboxylic acids is 2. The molecule has 3 nitrogen and oxygen atoms in total. The SMILES string of the molecule is CC#Cc1ccc(C#Cc2cccc(C(=O)c3cccc(C)c3)c2)c2c1C1C(C(=O)OC)=C(C)C2c2ccccc21. The molecule has 4 aromatic rings. The lowest BCUT2D eigenvalue weighted by atomic mass is 9.59. The molecular weight excluding hydrogens is 504 g/mol. The topological polar surface area (TPSA) is 43.4 Å². The summed E-state index contributed by atoms with van der Waals surface area (Å²) in [4.78, 5) is 26.2. The Morgan fingerprint density at radius 3 is 2.02 bits per heavy atom. The molecule has 0 N–H and O–H groups in total. The Morgan fingerprint density at radius 1 is 0.707 bits per heavy atom. The van der Waals surface area contributed by atoms with E-state index in [-0.39, 0.29) is 23.6 Å². The van der Waals surface area contributed by atoms with Gasteiger partial charge in [-0.05, 0) is 78.9 Å². The highest BCUT2D eigenvalue weighted by molar-refractivity contribution is 6.09. The maximum atomic E-state index is 13.2. The average molecular weight is 533 g/mol. The van der Waals surface area contributed by atoms with Crippen molar-refractivity contribution in [3.63, 3.8) is 0 Å². The summed E-state index contributed by atoms with van der Waals surface area (Å²) < 4.78 is 5.26. The highest BCUT2D eigenvalue weighted by atomic mass is 16.5. The first-order valence-electron chi connectivity index (χ1n) is 13.6. The molecule has 2 bridgehead atoms. The van der Waals surface area contributed by atoms with Crippen molar-refractivity contribution in [3.8, 4) is 23.7 Å². The van der Waals surface area contributed by atoms with Crippen LogP contribution in [0.1, 0.15) is 86.1 Å². The predicted octanol–water partition coefficient (Wildman–Crippen LogP) is 7.08. The van der Waals surface area contributed by atoms with E-state index in [1.54, 1.807) is 0 Å². The molecule has 3 aliphatic carbocycles. The van der Waals surface area contributed by atoms with Crippen molar-refractivity contribution >= 4 is 11.8 Å². The normalized spacial score (nSPS) is 16.0. The van der Waals surface area contributed by atoms with Gasteiger partial charge in [-0.3, -0.25) is 4.79 Å². The zero-order valence-electron chi connectivity index (χ0n) is 23.5. The van der Waals surface area contributed by atoms with E-state index in [4.69, 9.17) is 4.74 Å². The zero-order valence-corrected chi connectivity index (χ0v) is 23.5. The van der Waals surface area contributed by atoms with Crippen LogP contribution in [0, 0.1) is 30.6 Å². The van der Waals surface area contributed by atoms with E-state index < -0.39 is 0 Å². The summed E-state index contributed by atoms with van der Waals surface area (Å²) in [5.74, 6) is 12.3. The van der Waals surface area contributed by atoms with Gasteiger partial charge in [0.1, 0.15) is 0 Å². The number of benzene rings is 4. The van der Waals surface area contributed by atoms with E-state index in [2.05, 4.69) is 35.8 Å². The van der Waals surface area contributed by atoms with E-state index >= 15 is 0 Å². The first-order valence-corrected chi connectivity index (χ1v) is 13.6. The van der Waals surface area contributed by atoms with Gasteiger partial charge < -0.3 is 4.74 Å². The smallest absolute Gasteiger partial charge is 0.334 e. The van der Waals surface area contributed by atoms with Crippen LogP contribution in [0.5, 0.6) is 0 Å². The number of ether oxygens (including phenoxy) is 1. The molecule has 0 aliphatic heterocycles. The molecule has 198 valence electrons. The number of methoxy groups -OCH3 is 1. The Labute approximate surface area is 240 Å². The monoisotopic (exact) mass is 532 g/mol. The molecule has 0 amide bonds.